The molecule has 0 saturated heterocycles. The fraction of sp³-hybridized carbons (Fsp3) is 0.667. The molecule has 0 N–H and O–H groups in total. The first kappa shape index (κ1) is 18.1. The van der Waals surface area contributed by atoms with E-state index >= 15 is 0 Å². The van der Waals surface area contributed by atoms with E-state index in [4.69, 9.17) is 9.47 Å². The van der Waals surface area contributed by atoms with Crippen LogP contribution in [0.2, 0.25) is 0 Å². The van der Waals surface area contributed by atoms with E-state index < -0.39 is 17.9 Å². The Labute approximate surface area is 144 Å². The van der Waals surface area contributed by atoms with Gasteiger partial charge in [-0.2, -0.15) is 4.39 Å². The summed E-state index contributed by atoms with van der Waals surface area (Å²) in [6.45, 7) is 0.274. The smallest absolute Gasteiger partial charge is 0.490 e. The molecule has 0 bridgehead atoms. The second-order valence-corrected chi connectivity index (χ2v) is 6.71. The highest BCUT2D eigenvalue weighted by molar-refractivity contribution is 5.47. The molecule has 0 unspecified atom stereocenters. The van der Waals surface area contributed by atoms with Crippen LogP contribution in [-0.4, -0.2) is 19.1 Å². The van der Waals surface area contributed by atoms with Crippen LogP contribution in [0.3, 0.4) is 0 Å². The molecule has 2 saturated carbocycles. The van der Waals surface area contributed by atoms with E-state index in [1.165, 1.54) is 18.6 Å². The molecule has 0 aromatic heterocycles. The molecule has 3 rings (SSSR count). The molecule has 0 atom stereocenters. The SMILES string of the molecule is Fc1c(OCCC2CCC2)ccc(OC2CCCC2)c1OC(F)(F)F. The average molecular weight is 362 g/mol. The molecule has 25 heavy (non-hydrogen) atoms. The van der Waals surface area contributed by atoms with Crippen molar-refractivity contribution in [1.29, 1.82) is 0 Å². The maximum atomic E-state index is 14.5. The Kier molecular flexibility index (Phi) is 5.59. The summed E-state index contributed by atoms with van der Waals surface area (Å²) < 4.78 is 67.3. The van der Waals surface area contributed by atoms with E-state index in [-0.39, 0.29) is 24.2 Å². The molecule has 0 radical (unpaired) electrons. The Balaban J connectivity index is 1.73. The van der Waals surface area contributed by atoms with E-state index in [0.29, 0.717) is 5.92 Å². The molecular weight excluding hydrogens is 340 g/mol. The normalized spacial score (nSPS) is 18.9. The quantitative estimate of drug-likeness (QED) is 0.590. The molecule has 2 fully saturated rings. The van der Waals surface area contributed by atoms with Crippen molar-refractivity contribution in [2.75, 3.05) is 6.61 Å². The third-order valence-electron chi connectivity index (χ3n) is 4.85. The number of benzene rings is 1. The molecule has 7 heteroatoms. The Morgan fingerprint density at radius 3 is 2.24 bits per heavy atom. The van der Waals surface area contributed by atoms with Crippen LogP contribution in [0.4, 0.5) is 17.6 Å². The van der Waals surface area contributed by atoms with Crippen LogP contribution in [0.25, 0.3) is 0 Å². The molecule has 0 amide bonds. The van der Waals surface area contributed by atoms with Gasteiger partial charge in [-0.3, -0.25) is 0 Å². The summed E-state index contributed by atoms with van der Waals surface area (Å²) in [5.74, 6) is -2.01. The molecule has 140 valence electrons. The van der Waals surface area contributed by atoms with Gasteiger partial charge in [-0.05, 0) is 50.2 Å². The summed E-state index contributed by atoms with van der Waals surface area (Å²) in [4.78, 5) is 0. The second kappa shape index (κ2) is 7.70. The molecule has 2 aliphatic rings. The van der Waals surface area contributed by atoms with Gasteiger partial charge in [0.15, 0.2) is 11.5 Å². The summed E-state index contributed by atoms with van der Waals surface area (Å²) in [7, 11) is 0. The van der Waals surface area contributed by atoms with Gasteiger partial charge in [0, 0.05) is 0 Å². The molecule has 3 nitrogen and oxygen atoms in total. The van der Waals surface area contributed by atoms with Crippen LogP contribution in [0, 0.1) is 11.7 Å². The number of hydrogen-bond acceptors (Lipinski definition) is 3. The maximum absolute atomic E-state index is 14.5. The second-order valence-electron chi connectivity index (χ2n) is 6.71. The van der Waals surface area contributed by atoms with Crippen LogP contribution in [0.15, 0.2) is 12.1 Å². The Bertz CT molecular complexity index is 578. The predicted octanol–water partition coefficient (Wildman–Crippen LogP) is 5.61. The fourth-order valence-corrected chi connectivity index (χ4v) is 3.24. The van der Waals surface area contributed by atoms with Gasteiger partial charge < -0.3 is 14.2 Å². The first-order chi connectivity index (χ1) is 11.9. The zero-order chi connectivity index (χ0) is 17.9. The minimum Gasteiger partial charge on any atom is -0.490 e. The highest BCUT2D eigenvalue weighted by Crippen LogP contribution is 2.41. The van der Waals surface area contributed by atoms with Crippen molar-refractivity contribution in [3.63, 3.8) is 0 Å². The molecule has 0 spiro atoms. The summed E-state index contributed by atoms with van der Waals surface area (Å²) in [6.07, 6.45) is 2.39. The largest absolute Gasteiger partial charge is 0.573 e. The number of ether oxygens (including phenoxy) is 3. The van der Waals surface area contributed by atoms with Gasteiger partial charge in [0.2, 0.25) is 11.6 Å². The van der Waals surface area contributed by atoms with E-state index in [2.05, 4.69) is 4.74 Å². The van der Waals surface area contributed by atoms with Gasteiger partial charge in [0.25, 0.3) is 0 Å². The third kappa shape index (κ3) is 4.92. The topological polar surface area (TPSA) is 27.7 Å². The van der Waals surface area contributed by atoms with Crippen molar-refractivity contribution in [1.82, 2.24) is 0 Å². The molecule has 0 heterocycles. The van der Waals surface area contributed by atoms with Crippen LogP contribution in [-0.2, 0) is 0 Å². The number of halogens is 4. The van der Waals surface area contributed by atoms with Crippen molar-refractivity contribution in [3.05, 3.63) is 17.9 Å². The van der Waals surface area contributed by atoms with Crippen molar-refractivity contribution >= 4 is 0 Å². The average Bonchev–Trinajstić information content (AvgIpc) is 2.99. The summed E-state index contributed by atoms with van der Waals surface area (Å²) >= 11 is 0. The van der Waals surface area contributed by atoms with Gasteiger partial charge in [0.1, 0.15) is 0 Å². The predicted molar refractivity (Wildman–Crippen MR) is 83.4 cm³/mol. The van der Waals surface area contributed by atoms with E-state index in [0.717, 1.165) is 44.9 Å². The van der Waals surface area contributed by atoms with Crippen LogP contribution in [0.5, 0.6) is 17.2 Å². The van der Waals surface area contributed by atoms with Gasteiger partial charge in [-0.25, -0.2) is 0 Å². The monoisotopic (exact) mass is 362 g/mol. The summed E-state index contributed by atoms with van der Waals surface area (Å²) in [5.41, 5.74) is 0. The van der Waals surface area contributed by atoms with Crippen molar-refractivity contribution in [2.24, 2.45) is 5.92 Å². The Morgan fingerprint density at radius 1 is 0.960 bits per heavy atom. The molecule has 1 aromatic carbocycles. The lowest BCUT2D eigenvalue weighted by atomic mass is 9.83. The lowest BCUT2D eigenvalue weighted by Crippen LogP contribution is -2.20. The Hall–Kier alpha value is -1.66. The van der Waals surface area contributed by atoms with Crippen molar-refractivity contribution in [2.45, 2.75) is 63.8 Å². The van der Waals surface area contributed by atoms with E-state index in [1.807, 2.05) is 0 Å². The Morgan fingerprint density at radius 2 is 1.64 bits per heavy atom. The zero-order valence-corrected chi connectivity index (χ0v) is 13.9. The lowest BCUT2D eigenvalue weighted by molar-refractivity contribution is -0.276. The first-order valence-corrected chi connectivity index (χ1v) is 8.80. The van der Waals surface area contributed by atoms with Crippen LogP contribution >= 0.6 is 0 Å². The first-order valence-electron chi connectivity index (χ1n) is 8.80. The lowest BCUT2D eigenvalue weighted by Gasteiger charge is -2.25. The van der Waals surface area contributed by atoms with Gasteiger partial charge in [0.05, 0.1) is 12.7 Å². The van der Waals surface area contributed by atoms with Gasteiger partial charge in [-0.1, -0.05) is 19.3 Å². The summed E-state index contributed by atoms with van der Waals surface area (Å²) in [6, 6.07) is 2.60. The highest BCUT2D eigenvalue weighted by atomic mass is 19.4. The fourth-order valence-electron chi connectivity index (χ4n) is 3.24. The highest BCUT2D eigenvalue weighted by Gasteiger charge is 2.35. The van der Waals surface area contributed by atoms with Crippen molar-refractivity contribution < 1.29 is 31.8 Å². The van der Waals surface area contributed by atoms with Gasteiger partial charge in [-0.15, -0.1) is 13.2 Å². The van der Waals surface area contributed by atoms with E-state index in [1.54, 1.807) is 0 Å². The molecule has 2 aliphatic carbocycles. The number of rotatable bonds is 7. The molecular formula is C18H22F4O3. The summed E-state index contributed by atoms with van der Waals surface area (Å²) in [5, 5.41) is 0. The molecule has 0 aliphatic heterocycles. The minimum absolute atomic E-state index is 0.208. The van der Waals surface area contributed by atoms with Crippen molar-refractivity contribution in [3.8, 4) is 17.2 Å². The maximum Gasteiger partial charge on any atom is 0.573 e. The van der Waals surface area contributed by atoms with Crippen LogP contribution < -0.4 is 14.2 Å². The van der Waals surface area contributed by atoms with Gasteiger partial charge >= 0.3 is 6.36 Å². The number of hydrogen-bond donors (Lipinski definition) is 0. The standard InChI is InChI=1S/C18H22F4O3/c19-16-14(23-11-10-12-4-3-5-12)8-9-15(17(16)25-18(20,21)22)24-13-6-1-2-7-13/h8-9,12-13H,1-7,10-11H2. The third-order valence-corrected chi connectivity index (χ3v) is 4.85. The van der Waals surface area contributed by atoms with E-state index in [9.17, 15) is 17.6 Å². The molecule has 1 aromatic rings. The number of alkyl halides is 3. The minimum atomic E-state index is -5.00. The zero-order valence-electron chi connectivity index (χ0n) is 13.9. The van der Waals surface area contributed by atoms with Crippen LogP contribution in [0.1, 0.15) is 51.4 Å².